The van der Waals surface area contributed by atoms with Crippen molar-refractivity contribution in [2.45, 2.75) is 31.8 Å². The monoisotopic (exact) mass is 355 g/mol. The van der Waals surface area contributed by atoms with E-state index in [0.717, 1.165) is 18.6 Å². The van der Waals surface area contributed by atoms with Crippen molar-refractivity contribution in [2.75, 3.05) is 20.3 Å². The fraction of sp³-hybridized carbons (Fsp3) is 0.381. The van der Waals surface area contributed by atoms with Crippen LogP contribution >= 0.6 is 0 Å². The van der Waals surface area contributed by atoms with Gasteiger partial charge in [0.1, 0.15) is 12.4 Å². The standard InChI is InChI=1S/C21H25NO4/c1-24-20-15-16(11-12-19(20)26-18-9-5-6-10-18)21(23)22-13-14-25-17-7-3-2-4-8-17/h2-4,7-8,11-12,15,18H,5-6,9-10,13-14H2,1H3,(H,22,23). The van der Waals surface area contributed by atoms with E-state index in [4.69, 9.17) is 14.2 Å². The summed E-state index contributed by atoms with van der Waals surface area (Å²) in [5.41, 5.74) is 0.542. The molecule has 5 heteroatoms. The van der Waals surface area contributed by atoms with Crippen molar-refractivity contribution >= 4 is 5.91 Å². The van der Waals surface area contributed by atoms with Crippen LogP contribution in [0.4, 0.5) is 0 Å². The molecule has 1 fully saturated rings. The van der Waals surface area contributed by atoms with Crippen molar-refractivity contribution in [2.24, 2.45) is 0 Å². The molecule has 138 valence electrons. The summed E-state index contributed by atoms with van der Waals surface area (Å²) in [4.78, 5) is 12.3. The Morgan fingerprint density at radius 3 is 2.58 bits per heavy atom. The van der Waals surface area contributed by atoms with Gasteiger partial charge in [-0.15, -0.1) is 0 Å². The van der Waals surface area contributed by atoms with Gasteiger partial charge >= 0.3 is 0 Å². The molecule has 0 atom stereocenters. The first-order valence-corrected chi connectivity index (χ1v) is 9.07. The molecule has 2 aromatic carbocycles. The van der Waals surface area contributed by atoms with E-state index in [0.29, 0.717) is 30.2 Å². The van der Waals surface area contributed by atoms with E-state index >= 15 is 0 Å². The summed E-state index contributed by atoms with van der Waals surface area (Å²) < 4.78 is 17.0. The van der Waals surface area contributed by atoms with Crippen molar-refractivity contribution in [3.8, 4) is 17.2 Å². The molecule has 0 aromatic heterocycles. The molecule has 0 radical (unpaired) electrons. The topological polar surface area (TPSA) is 56.8 Å². The van der Waals surface area contributed by atoms with Crippen molar-refractivity contribution in [1.29, 1.82) is 0 Å². The molecule has 1 saturated carbocycles. The maximum absolute atomic E-state index is 12.3. The van der Waals surface area contributed by atoms with E-state index in [1.54, 1.807) is 19.2 Å². The van der Waals surface area contributed by atoms with Gasteiger partial charge in [0.15, 0.2) is 11.5 Å². The SMILES string of the molecule is COc1cc(C(=O)NCCOc2ccccc2)ccc1OC1CCCC1. The number of rotatable bonds is 8. The van der Waals surface area contributed by atoms with Crippen LogP contribution < -0.4 is 19.5 Å². The third-order valence-corrected chi connectivity index (χ3v) is 4.42. The summed E-state index contributed by atoms with van der Waals surface area (Å²) in [5, 5.41) is 2.85. The van der Waals surface area contributed by atoms with Gasteiger partial charge in [0.25, 0.3) is 5.91 Å². The molecule has 1 aliphatic carbocycles. The Kier molecular flexibility index (Phi) is 6.36. The van der Waals surface area contributed by atoms with Gasteiger partial charge in [0.2, 0.25) is 0 Å². The average molecular weight is 355 g/mol. The summed E-state index contributed by atoms with van der Waals surface area (Å²) >= 11 is 0. The molecular weight excluding hydrogens is 330 g/mol. The number of benzene rings is 2. The number of para-hydroxylation sites is 1. The maximum atomic E-state index is 12.3. The summed E-state index contributed by atoms with van der Waals surface area (Å²) in [6, 6.07) is 14.8. The van der Waals surface area contributed by atoms with Gasteiger partial charge in [-0.2, -0.15) is 0 Å². The number of hydrogen-bond donors (Lipinski definition) is 1. The van der Waals surface area contributed by atoms with E-state index in [2.05, 4.69) is 5.32 Å². The highest BCUT2D eigenvalue weighted by molar-refractivity contribution is 5.94. The van der Waals surface area contributed by atoms with E-state index in [1.807, 2.05) is 36.4 Å². The van der Waals surface area contributed by atoms with Gasteiger partial charge in [-0.1, -0.05) is 18.2 Å². The minimum absolute atomic E-state index is 0.160. The normalized spacial score (nSPS) is 14.0. The number of ether oxygens (including phenoxy) is 3. The predicted octanol–water partition coefficient (Wildman–Crippen LogP) is 3.83. The van der Waals surface area contributed by atoms with Crippen LogP contribution in [0.25, 0.3) is 0 Å². The quantitative estimate of drug-likeness (QED) is 0.731. The molecule has 0 aliphatic heterocycles. The van der Waals surface area contributed by atoms with E-state index in [9.17, 15) is 4.79 Å². The van der Waals surface area contributed by atoms with Gasteiger partial charge in [-0.25, -0.2) is 0 Å². The third kappa shape index (κ3) is 4.91. The zero-order chi connectivity index (χ0) is 18.2. The number of hydrogen-bond acceptors (Lipinski definition) is 4. The van der Waals surface area contributed by atoms with Gasteiger partial charge in [-0.05, 0) is 56.0 Å². The molecule has 0 saturated heterocycles. The Hall–Kier alpha value is -2.69. The molecule has 1 aliphatic rings. The number of carbonyl (C=O) groups excluding carboxylic acids is 1. The summed E-state index contributed by atoms with van der Waals surface area (Å²) in [6.07, 6.45) is 4.81. The highest BCUT2D eigenvalue weighted by Gasteiger charge is 2.19. The van der Waals surface area contributed by atoms with E-state index in [-0.39, 0.29) is 12.0 Å². The molecule has 5 nitrogen and oxygen atoms in total. The number of nitrogens with one attached hydrogen (secondary N) is 1. The van der Waals surface area contributed by atoms with Gasteiger partial charge in [-0.3, -0.25) is 4.79 Å². The number of methoxy groups -OCH3 is 1. The van der Waals surface area contributed by atoms with E-state index < -0.39 is 0 Å². The highest BCUT2D eigenvalue weighted by Crippen LogP contribution is 2.32. The van der Waals surface area contributed by atoms with Crippen LogP contribution in [0.5, 0.6) is 17.2 Å². The Morgan fingerprint density at radius 2 is 1.85 bits per heavy atom. The average Bonchev–Trinajstić information content (AvgIpc) is 3.19. The van der Waals surface area contributed by atoms with Crippen LogP contribution in [0.15, 0.2) is 48.5 Å². The minimum atomic E-state index is -0.160. The second-order valence-corrected chi connectivity index (χ2v) is 6.31. The Morgan fingerprint density at radius 1 is 1.08 bits per heavy atom. The predicted molar refractivity (Wildman–Crippen MR) is 100 cm³/mol. The molecule has 3 rings (SSSR count). The lowest BCUT2D eigenvalue weighted by atomic mass is 10.2. The molecule has 0 bridgehead atoms. The molecule has 2 aromatic rings. The van der Waals surface area contributed by atoms with Gasteiger partial charge < -0.3 is 19.5 Å². The van der Waals surface area contributed by atoms with Crippen LogP contribution in [-0.4, -0.2) is 32.3 Å². The second-order valence-electron chi connectivity index (χ2n) is 6.31. The zero-order valence-corrected chi connectivity index (χ0v) is 15.1. The summed E-state index contributed by atoms with van der Waals surface area (Å²) in [6.45, 7) is 0.839. The van der Waals surface area contributed by atoms with Crippen LogP contribution in [0.1, 0.15) is 36.0 Å². The first-order chi connectivity index (χ1) is 12.8. The van der Waals surface area contributed by atoms with Crippen LogP contribution in [0, 0.1) is 0 Å². The van der Waals surface area contributed by atoms with Gasteiger partial charge in [0, 0.05) is 5.56 Å². The first-order valence-electron chi connectivity index (χ1n) is 9.07. The Bertz CT molecular complexity index is 711. The van der Waals surface area contributed by atoms with Gasteiger partial charge in [0.05, 0.1) is 19.8 Å². The largest absolute Gasteiger partial charge is 0.493 e. The molecular formula is C21H25NO4. The fourth-order valence-corrected chi connectivity index (χ4v) is 3.04. The molecule has 1 N–H and O–H groups in total. The third-order valence-electron chi connectivity index (χ3n) is 4.42. The molecule has 0 heterocycles. The fourth-order valence-electron chi connectivity index (χ4n) is 3.04. The summed E-state index contributed by atoms with van der Waals surface area (Å²) in [5.74, 6) is 1.91. The lowest BCUT2D eigenvalue weighted by Crippen LogP contribution is -2.28. The van der Waals surface area contributed by atoms with Crippen LogP contribution in [0.2, 0.25) is 0 Å². The number of amides is 1. The summed E-state index contributed by atoms with van der Waals surface area (Å²) in [7, 11) is 1.59. The Labute approximate surface area is 154 Å². The lowest BCUT2D eigenvalue weighted by Gasteiger charge is -2.16. The molecule has 0 spiro atoms. The maximum Gasteiger partial charge on any atom is 0.251 e. The highest BCUT2D eigenvalue weighted by atomic mass is 16.5. The molecule has 0 unspecified atom stereocenters. The molecule has 1 amide bonds. The van der Waals surface area contributed by atoms with Crippen molar-refractivity contribution < 1.29 is 19.0 Å². The second kappa shape index (κ2) is 9.13. The number of carbonyl (C=O) groups is 1. The van der Waals surface area contributed by atoms with Crippen LogP contribution in [-0.2, 0) is 0 Å². The lowest BCUT2D eigenvalue weighted by molar-refractivity contribution is 0.0946. The zero-order valence-electron chi connectivity index (χ0n) is 15.1. The van der Waals surface area contributed by atoms with Crippen molar-refractivity contribution in [3.63, 3.8) is 0 Å². The smallest absolute Gasteiger partial charge is 0.251 e. The Balaban J connectivity index is 1.51. The van der Waals surface area contributed by atoms with Crippen LogP contribution in [0.3, 0.4) is 0 Å². The minimum Gasteiger partial charge on any atom is -0.493 e. The van der Waals surface area contributed by atoms with E-state index in [1.165, 1.54) is 12.8 Å². The molecule has 26 heavy (non-hydrogen) atoms. The van der Waals surface area contributed by atoms with Crippen molar-refractivity contribution in [3.05, 3.63) is 54.1 Å². The van der Waals surface area contributed by atoms with Crippen molar-refractivity contribution in [1.82, 2.24) is 5.32 Å². The first kappa shape index (κ1) is 18.1.